The number of hydrogen-bond donors (Lipinski definition) is 1. The first-order valence-electron chi connectivity index (χ1n) is 10.5. The second kappa shape index (κ2) is 9.01. The van der Waals surface area contributed by atoms with E-state index >= 15 is 0 Å². The van der Waals surface area contributed by atoms with E-state index in [2.05, 4.69) is 19.2 Å². The number of aromatic nitrogens is 1. The number of morpholine rings is 1. The molecule has 1 fully saturated rings. The summed E-state index contributed by atoms with van der Waals surface area (Å²) in [4.78, 5) is 12.6. The van der Waals surface area contributed by atoms with Crippen LogP contribution in [0, 0.1) is 11.7 Å². The third kappa shape index (κ3) is 4.41. The van der Waals surface area contributed by atoms with Crippen molar-refractivity contribution in [2.75, 3.05) is 31.6 Å². The Hall–Kier alpha value is -2.75. The summed E-state index contributed by atoms with van der Waals surface area (Å²) < 4.78 is 48.7. The maximum absolute atomic E-state index is 14.5. The number of carbonyl (C=O) groups excluding carboxylic acids is 1. The van der Waals surface area contributed by atoms with E-state index in [9.17, 15) is 17.6 Å². The molecule has 1 amide bonds. The van der Waals surface area contributed by atoms with E-state index in [0.717, 1.165) is 23.5 Å². The summed E-state index contributed by atoms with van der Waals surface area (Å²) in [7, 11) is -4.04. The Morgan fingerprint density at radius 1 is 1.16 bits per heavy atom. The van der Waals surface area contributed by atoms with Gasteiger partial charge >= 0.3 is 0 Å². The molecular formula is C23H26FN3O4S. The van der Waals surface area contributed by atoms with Crippen LogP contribution >= 0.6 is 0 Å². The summed E-state index contributed by atoms with van der Waals surface area (Å²) in [5, 5.41) is 3.53. The number of nitrogens with one attached hydrogen (secondary N) is 1. The number of rotatable bonds is 6. The predicted octanol–water partition coefficient (Wildman–Crippen LogP) is 3.71. The molecule has 170 valence electrons. The van der Waals surface area contributed by atoms with Crippen LogP contribution in [0.2, 0.25) is 0 Å². The van der Waals surface area contributed by atoms with E-state index in [-0.39, 0.29) is 37.9 Å². The van der Waals surface area contributed by atoms with E-state index < -0.39 is 20.7 Å². The zero-order valence-corrected chi connectivity index (χ0v) is 18.9. The van der Waals surface area contributed by atoms with Crippen LogP contribution in [0.4, 0.5) is 10.1 Å². The van der Waals surface area contributed by atoms with Gasteiger partial charge in [0.2, 0.25) is 10.0 Å². The van der Waals surface area contributed by atoms with Gasteiger partial charge in [-0.3, -0.25) is 4.79 Å². The normalized spacial score (nSPS) is 15.4. The largest absolute Gasteiger partial charge is 0.379 e. The Labute approximate surface area is 186 Å². The molecule has 9 heteroatoms. The minimum Gasteiger partial charge on any atom is -0.379 e. The fourth-order valence-electron chi connectivity index (χ4n) is 3.88. The monoisotopic (exact) mass is 459 g/mol. The van der Waals surface area contributed by atoms with Gasteiger partial charge in [0.25, 0.3) is 5.91 Å². The Kier molecular flexibility index (Phi) is 6.32. The molecule has 0 aliphatic carbocycles. The van der Waals surface area contributed by atoms with E-state index in [4.69, 9.17) is 4.74 Å². The third-order valence-electron chi connectivity index (χ3n) is 5.37. The lowest BCUT2D eigenvalue weighted by atomic mass is 10.1. The van der Waals surface area contributed by atoms with Crippen molar-refractivity contribution in [3.63, 3.8) is 0 Å². The number of anilines is 1. The number of amides is 1. The Bertz CT molecular complexity index is 1250. The van der Waals surface area contributed by atoms with Crippen LogP contribution in [0.3, 0.4) is 0 Å². The second-order valence-corrected chi connectivity index (χ2v) is 10.1. The van der Waals surface area contributed by atoms with E-state index in [1.54, 1.807) is 6.20 Å². The lowest BCUT2D eigenvalue weighted by Crippen LogP contribution is -2.40. The SMILES string of the molecule is CC(C)Cn1cc(C(=O)Nc2ccc(F)c(S(=O)(=O)N3CCOCC3)c2)c2ccccc21. The molecule has 2 heterocycles. The van der Waals surface area contributed by atoms with Gasteiger partial charge in [0.1, 0.15) is 10.7 Å². The third-order valence-corrected chi connectivity index (χ3v) is 7.29. The number of hydrogen-bond acceptors (Lipinski definition) is 4. The van der Waals surface area contributed by atoms with Gasteiger partial charge in [-0.05, 0) is 30.2 Å². The molecule has 1 saturated heterocycles. The average molecular weight is 460 g/mol. The van der Waals surface area contributed by atoms with Gasteiger partial charge in [0, 0.05) is 42.4 Å². The molecule has 1 aromatic heterocycles. The summed E-state index contributed by atoms with van der Waals surface area (Å²) in [6.07, 6.45) is 1.80. The van der Waals surface area contributed by atoms with Gasteiger partial charge in [-0.25, -0.2) is 12.8 Å². The Morgan fingerprint density at radius 3 is 2.59 bits per heavy atom. The number of nitrogens with zero attached hydrogens (tertiary/aromatic N) is 2. The number of para-hydroxylation sites is 1. The van der Waals surface area contributed by atoms with Crippen molar-refractivity contribution in [3.8, 4) is 0 Å². The summed E-state index contributed by atoms with van der Waals surface area (Å²) in [5.41, 5.74) is 1.63. The van der Waals surface area contributed by atoms with Crippen molar-refractivity contribution in [1.29, 1.82) is 0 Å². The first-order valence-corrected chi connectivity index (χ1v) is 12.0. The van der Waals surface area contributed by atoms with Gasteiger partial charge in [-0.1, -0.05) is 32.0 Å². The lowest BCUT2D eigenvalue weighted by molar-refractivity contribution is 0.0729. The highest BCUT2D eigenvalue weighted by Gasteiger charge is 2.29. The number of sulfonamides is 1. The molecule has 1 N–H and O–H groups in total. The minimum absolute atomic E-state index is 0.160. The van der Waals surface area contributed by atoms with Crippen molar-refractivity contribution in [2.45, 2.75) is 25.3 Å². The van der Waals surface area contributed by atoms with Crippen LogP contribution in [0.25, 0.3) is 10.9 Å². The quantitative estimate of drug-likeness (QED) is 0.609. The van der Waals surface area contributed by atoms with Crippen molar-refractivity contribution < 1.29 is 22.3 Å². The molecule has 1 aliphatic heterocycles. The molecule has 0 unspecified atom stereocenters. The van der Waals surface area contributed by atoms with Crippen LogP contribution in [-0.4, -0.2) is 49.5 Å². The molecule has 32 heavy (non-hydrogen) atoms. The smallest absolute Gasteiger partial charge is 0.257 e. The zero-order valence-electron chi connectivity index (χ0n) is 18.0. The van der Waals surface area contributed by atoms with Crippen LogP contribution in [-0.2, 0) is 21.3 Å². The average Bonchev–Trinajstić information content (AvgIpc) is 3.13. The Balaban J connectivity index is 1.64. The van der Waals surface area contributed by atoms with Crippen LogP contribution < -0.4 is 5.32 Å². The minimum atomic E-state index is -4.04. The zero-order chi connectivity index (χ0) is 22.9. The van der Waals surface area contributed by atoms with E-state index in [0.29, 0.717) is 11.5 Å². The predicted molar refractivity (Wildman–Crippen MR) is 121 cm³/mol. The summed E-state index contributed by atoms with van der Waals surface area (Å²) >= 11 is 0. The van der Waals surface area contributed by atoms with Crippen molar-refractivity contribution in [2.24, 2.45) is 5.92 Å². The van der Waals surface area contributed by atoms with Gasteiger partial charge in [-0.15, -0.1) is 0 Å². The molecule has 0 atom stereocenters. The van der Waals surface area contributed by atoms with Crippen LogP contribution in [0.15, 0.2) is 53.6 Å². The highest BCUT2D eigenvalue weighted by atomic mass is 32.2. The van der Waals surface area contributed by atoms with Crippen molar-refractivity contribution in [3.05, 3.63) is 60.0 Å². The maximum Gasteiger partial charge on any atom is 0.257 e. The number of fused-ring (bicyclic) bond motifs is 1. The molecule has 3 aromatic rings. The fraction of sp³-hybridized carbons (Fsp3) is 0.348. The summed E-state index contributed by atoms with van der Waals surface area (Å²) in [6.45, 7) is 5.80. The molecule has 0 saturated carbocycles. The lowest BCUT2D eigenvalue weighted by Gasteiger charge is -2.26. The van der Waals surface area contributed by atoms with Crippen molar-refractivity contribution in [1.82, 2.24) is 8.87 Å². The standard InChI is InChI=1S/C23H26FN3O4S/c1-16(2)14-26-15-19(18-5-3-4-6-21(18)26)23(28)25-17-7-8-20(24)22(13-17)32(29,30)27-9-11-31-12-10-27/h3-8,13,15-16H,9-12,14H2,1-2H3,(H,25,28). The molecule has 4 rings (SSSR count). The summed E-state index contributed by atoms with van der Waals surface area (Å²) in [6, 6.07) is 11.2. The van der Waals surface area contributed by atoms with Gasteiger partial charge in [-0.2, -0.15) is 4.31 Å². The van der Waals surface area contributed by atoms with E-state index in [1.165, 1.54) is 16.4 Å². The maximum atomic E-state index is 14.5. The molecule has 7 nitrogen and oxygen atoms in total. The highest BCUT2D eigenvalue weighted by molar-refractivity contribution is 7.89. The molecular weight excluding hydrogens is 433 g/mol. The first-order chi connectivity index (χ1) is 15.3. The van der Waals surface area contributed by atoms with E-state index in [1.807, 2.05) is 28.8 Å². The second-order valence-electron chi connectivity index (χ2n) is 8.22. The number of ether oxygens (including phenoxy) is 1. The number of benzene rings is 2. The van der Waals surface area contributed by atoms with Gasteiger partial charge in [0.15, 0.2) is 0 Å². The first kappa shape index (κ1) is 22.4. The number of halogens is 1. The molecule has 1 aliphatic rings. The topological polar surface area (TPSA) is 80.6 Å². The number of carbonyl (C=O) groups is 1. The van der Waals surface area contributed by atoms with Crippen LogP contribution in [0.1, 0.15) is 24.2 Å². The Morgan fingerprint density at radius 2 is 1.88 bits per heavy atom. The fourth-order valence-corrected chi connectivity index (χ4v) is 5.37. The molecule has 0 radical (unpaired) electrons. The molecule has 2 aromatic carbocycles. The van der Waals surface area contributed by atoms with Crippen molar-refractivity contribution >= 4 is 32.5 Å². The molecule has 0 bridgehead atoms. The van der Waals surface area contributed by atoms with Gasteiger partial charge in [0.05, 0.1) is 18.8 Å². The summed E-state index contributed by atoms with van der Waals surface area (Å²) in [5.74, 6) is -0.847. The molecule has 0 spiro atoms. The van der Waals surface area contributed by atoms with Crippen LogP contribution in [0.5, 0.6) is 0 Å². The van der Waals surface area contributed by atoms with Gasteiger partial charge < -0.3 is 14.6 Å². The highest BCUT2D eigenvalue weighted by Crippen LogP contribution is 2.26.